The minimum absolute atomic E-state index is 0.105. The van der Waals surface area contributed by atoms with E-state index in [-0.39, 0.29) is 10.8 Å². The van der Waals surface area contributed by atoms with Gasteiger partial charge in [0.1, 0.15) is 16.7 Å². The van der Waals surface area contributed by atoms with E-state index < -0.39 is 0 Å². The van der Waals surface area contributed by atoms with Crippen molar-refractivity contribution in [2.24, 2.45) is 0 Å². The fourth-order valence-electron chi connectivity index (χ4n) is 23.2. The third-order valence-electron chi connectivity index (χ3n) is 30.7. The van der Waals surface area contributed by atoms with Crippen LogP contribution in [0.1, 0.15) is 49.9 Å². The topological polar surface area (TPSA) is 49.1 Å². The molecule has 0 amide bonds. The number of furan rings is 3. The number of para-hydroxylation sites is 5. The highest BCUT2D eigenvalue weighted by Gasteiger charge is 2.39. The maximum atomic E-state index is 6.86. The van der Waals surface area contributed by atoms with Crippen LogP contribution >= 0.6 is 0 Å². The largest absolute Gasteiger partial charge is 0.454 e. The molecule has 0 saturated heterocycles. The molecule has 148 heavy (non-hydrogen) atoms. The molecule has 0 unspecified atom stereocenters. The number of fused-ring (bicyclic) bond motifs is 19. The SMILES string of the molecule is CC1(C)c2ccccc2-c2ccc(N(c3ccccc3)c3cc(-c4ccc5ccccc5c4)cc4c3oc3ccccc34)cc21.CC1(C)c2ccccc2-c2ccc(N(c3ccccc3-c3ccccc3)c3cc(-c4ccc5ccccc5c4)cc4c3oc3ccccc34)cc21.c1ccc(-c2ccc(N(c3ccc(-c4ccc5ccccc5c4)cc3)c3cc(-c4ccc5ccccc5c4)cc4c3oc3ccccc34)cc2)cc1. The average molecular weight is 1900 g/mol. The smallest absolute Gasteiger partial charge is 0.159 e. The molecule has 6 nitrogen and oxygen atoms in total. The first-order chi connectivity index (χ1) is 72.8. The molecule has 0 atom stereocenters. The molecule has 29 rings (SSSR count). The zero-order valence-electron chi connectivity index (χ0n) is 82.3. The lowest BCUT2D eigenvalue weighted by molar-refractivity contribution is 0.660. The van der Waals surface area contributed by atoms with Gasteiger partial charge in [0.05, 0.1) is 22.7 Å². The fraction of sp³-hybridized carbons (Fsp3) is 0.0423. The Morgan fingerprint density at radius 3 is 0.824 bits per heavy atom. The summed E-state index contributed by atoms with van der Waals surface area (Å²) in [5, 5.41) is 16.5. The molecular weight excluding hydrogens is 1800 g/mol. The van der Waals surface area contributed by atoms with Crippen LogP contribution in [-0.2, 0) is 10.8 Å². The van der Waals surface area contributed by atoms with E-state index in [0.717, 1.165) is 145 Å². The van der Waals surface area contributed by atoms with Crippen molar-refractivity contribution in [1.82, 2.24) is 0 Å². The molecule has 3 aromatic heterocycles. The summed E-state index contributed by atoms with van der Waals surface area (Å²) in [5.41, 5.74) is 39.2. The molecular formula is C142H99N3O3. The number of hydrogen-bond acceptors (Lipinski definition) is 6. The Morgan fingerprint density at radius 1 is 0.149 bits per heavy atom. The number of nitrogens with zero attached hydrogens (tertiary/aromatic N) is 3. The highest BCUT2D eigenvalue weighted by molar-refractivity contribution is 6.16. The predicted octanol–water partition coefficient (Wildman–Crippen LogP) is 40.4. The van der Waals surface area contributed by atoms with Crippen molar-refractivity contribution in [1.29, 1.82) is 0 Å². The highest BCUT2D eigenvalue weighted by atomic mass is 16.3. The van der Waals surface area contributed by atoms with E-state index in [1.54, 1.807) is 0 Å². The molecule has 0 spiro atoms. The minimum Gasteiger partial charge on any atom is -0.454 e. The number of hydrogen-bond donors (Lipinski definition) is 0. The van der Waals surface area contributed by atoms with Crippen molar-refractivity contribution in [3.63, 3.8) is 0 Å². The van der Waals surface area contributed by atoms with Gasteiger partial charge in [0.25, 0.3) is 0 Å². The lowest BCUT2D eigenvalue weighted by Gasteiger charge is -2.30. The quantitative estimate of drug-likeness (QED) is 0.102. The van der Waals surface area contributed by atoms with E-state index in [0.29, 0.717) is 0 Å². The van der Waals surface area contributed by atoms with Crippen LogP contribution < -0.4 is 14.7 Å². The molecule has 700 valence electrons. The summed E-state index contributed by atoms with van der Waals surface area (Å²) in [7, 11) is 0. The van der Waals surface area contributed by atoms with Gasteiger partial charge in [0, 0.05) is 77.1 Å². The first kappa shape index (κ1) is 88.1. The maximum absolute atomic E-state index is 6.86. The Labute approximate surface area is 859 Å². The molecule has 27 aromatic rings. The van der Waals surface area contributed by atoms with E-state index in [9.17, 15) is 0 Å². The third kappa shape index (κ3) is 15.5. The van der Waals surface area contributed by atoms with Crippen molar-refractivity contribution in [2.75, 3.05) is 14.7 Å². The van der Waals surface area contributed by atoms with Crippen LogP contribution in [0.4, 0.5) is 51.2 Å². The first-order valence-corrected chi connectivity index (χ1v) is 51.0. The predicted molar refractivity (Wildman–Crippen MR) is 623 cm³/mol. The van der Waals surface area contributed by atoms with Crippen LogP contribution in [0.15, 0.2) is 541 Å². The van der Waals surface area contributed by atoms with Crippen LogP contribution in [-0.4, -0.2) is 0 Å². The Morgan fingerprint density at radius 2 is 0.419 bits per heavy atom. The highest BCUT2D eigenvalue weighted by Crippen LogP contribution is 2.57. The van der Waals surface area contributed by atoms with E-state index in [1.807, 2.05) is 12.1 Å². The minimum atomic E-state index is -0.145. The molecule has 0 radical (unpaired) electrons. The third-order valence-corrected chi connectivity index (χ3v) is 30.7. The van der Waals surface area contributed by atoms with Gasteiger partial charge >= 0.3 is 0 Å². The van der Waals surface area contributed by atoms with E-state index >= 15 is 0 Å². The van der Waals surface area contributed by atoms with Gasteiger partial charge in [0.2, 0.25) is 0 Å². The maximum Gasteiger partial charge on any atom is 0.159 e. The molecule has 6 heteroatoms. The van der Waals surface area contributed by atoms with Crippen LogP contribution in [0.2, 0.25) is 0 Å². The second-order valence-corrected chi connectivity index (χ2v) is 40.1. The summed E-state index contributed by atoms with van der Waals surface area (Å²) in [6.07, 6.45) is 0. The number of anilines is 9. The Hall–Kier alpha value is -18.9. The van der Waals surface area contributed by atoms with Gasteiger partial charge < -0.3 is 28.0 Å². The summed E-state index contributed by atoms with van der Waals surface area (Å²) < 4.78 is 20.3. The van der Waals surface area contributed by atoms with Crippen molar-refractivity contribution in [2.45, 2.75) is 38.5 Å². The normalized spacial score (nSPS) is 12.6. The van der Waals surface area contributed by atoms with Crippen molar-refractivity contribution in [3.05, 3.63) is 550 Å². The second-order valence-electron chi connectivity index (χ2n) is 40.1. The Kier molecular flexibility index (Phi) is 21.5. The van der Waals surface area contributed by atoms with Gasteiger partial charge in [-0.15, -0.1) is 0 Å². The zero-order valence-corrected chi connectivity index (χ0v) is 82.3. The van der Waals surface area contributed by atoms with E-state index in [1.165, 1.54) is 127 Å². The van der Waals surface area contributed by atoms with Crippen molar-refractivity contribution in [3.8, 4) is 89.0 Å². The summed E-state index contributed by atoms with van der Waals surface area (Å²) in [5.74, 6) is 0. The molecule has 0 fully saturated rings. The molecule has 0 saturated carbocycles. The standard InChI is InChI=1S/C50H33NO.C49H35NO.C43H31NO/c1-2-10-34(11-3-1)37-22-26-44(27-23-37)51(45-28-24-38(25-29-45)41-20-18-35-12-4-6-14-39(35)30-41)48-33-43(42-21-19-36-13-5-7-15-40(36)31-42)32-47-46-16-8-9-17-49(46)52-50(47)48;1-49(2)43-21-11-8-19-39(43)40-27-26-37(31-44(40)49)50(45-22-12-9-18-38(45)33-15-4-3-5-16-33)46-30-36(35-25-24-32-14-6-7-17-34(32)28-35)29-42-41-20-10-13-23-47(41)51-48(42)46;1-43(2)38-18-10-8-16-34(38)35-23-22-33(27-39(35)43)44(32-14-4-3-5-15-32)40-26-31(30-21-20-28-12-6-7-13-29(28)24-30)25-37-36-17-9-11-19-41(36)45-42(37)40/h1-33H;3-31H,1-2H3;3-27H,1-2H3. The summed E-state index contributed by atoms with van der Waals surface area (Å²) in [4.78, 5) is 7.14. The van der Waals surface area contributed by atoms with Crippen LogP contribution in [0.3, 0.4) is 0 Å². The molecule has 0 N–H and O–H groups in total. The van der Waals surface area contributed by atoms with Crippen molar-refractivity contribution >= 4 is 160 Å². The van der Waals surface area contributed by atoms with Gasteiger partial charge in [0.15, 0.2) is 16.7 Å². The number of benzene rings is 24. The lowest BCUT2D eigenvalue weighted by Crippen LogP contribution is -2.17. The van der Waals surface area contributed by atoms with Gasteiger partial charge in [-0.3, -0.25) is 0 Å². The summed E-state index contributed by atoms with van der Waals surface area (Å²) in [6.45, 7) is 9.38. The number of rotatable bonds is 15. The van der Waals surface area contributed by atoms with Crippen LogP contribution in [0, 0.1) is 0 Å². The van der Waals surface area contributed by atoms with Crippen LogP contribution in [0.5, 0.6) is 0 Å². The van der Waals surface area contributed by atoms with Crippen LogP contribution in [0.25, 0.3) is 198 Å². The second kappa shape index (κ2) is 36.2. The summed E-state index contributed by atoms with van der Waals surface area (Å²) in [6, 6.07) is 190. The van der Waals surface area contributed by atoms with Gasteiger partial charge in [-0.05, 0) is 294 Å². The Bertz CT molecular complexity index is 9880. The van der Waals surface area contributed by atoms with Gasteiger partial charge in [-0.2, -0.15) is 0 Å². The summed E-state index contributed by atoms with van der Waals surface area (Å²) >= 11 is 0. The Balaban J connectivity index is 0.000000110. The zero-order chi connectivity index (χ0) is 98.7. The molecule has 2 aliphatic carbocycles. The van der Waals surface area contributed by atoms with Gasteiger partial charge in [-0.1, -0.05) is 410 Å². The molecule has 0 bridgehead atoms. The molecule has 3 heterocycles. The first-order valence-electron chi connectivity index (χ1n) is 51.0. The van der Waals surface area contributed by atoms with Gasteiger partial charge in [-0.25, -0.2) is 0 Å². The molecule has 0 aliphatic heterocycles. The fourth-order valence-corrected chi connectivity index (χ4v) is 23.2. The van der Waals surface area contributed by atoms with E-state index in [4.69, 9.17) is 13.3 Å². The monoisotopic (exact) mass is 1890 g/mol. The van der Waals surface area contributed by atoms with E-state index in [2.05, 4.69) is 558 Å². The average Bonchev–Trinajstić information content (AvgIpc) is 1.59. The molecule has 24 aromatic carbocycles. The lowest BCUT2D eigenvalue weighted by atomic mass is 9.82. The molecule has 2 aliphatic rings. The van der Waals surface area contributed by atoms with Crippen molar-refractivity contribution < 1.29 is 13.3 Å².